The van der Waals surface area contributed by atoms with Gasteiger partial charge in [-0.2, -0.15) is 4.99 Å². The molecule has 2 heterocycles. The second kappa shape index (κ2) is 9.34. The monoisotopic (exact) mass is 439 g/mol. The number of hydrogen-bond donors (Lipinski definition) is 0. The maximum atomic E-state index is 12.5. The zero-order chi connectivity index (χ0) is 21.8. The average molecular weight is 440 g/mol. The van der Waals surface area contributed by atoms with Crippen LogP contribution >= 0.6 is 11.8 Å². The van der Waals surface area contributed by atoms with Crippen LogP contribution in [0, 0.1) is 0 Å². The van der Waals surface area contributed by atoms with Gasteiger partial charge in [-0.1, -0.05) is 0 Å². The molecule has 0 aliphatic carbocycles. The molecule has 0 aromatic heterocycles. The molecule has 0 saturated carbocycles. The summed E-state index contributed by atoms with van der Waals surface area (Å²) in [7, 11) is 4.88. The number of amides is 1. The van der Waals surface area contributed by atoms with Crippen molar-refractivity contribution in [3.63, 3.8) is 0 Å². The first-order chi connectivity index (χ1) is 15.1. The van der Waals surface area contributed by atoms with E-state index in [1.165, 1.54) is 17.4 Å². The number of carbonyl (C=O) groups is 1. The van der Waals surface area contributed by atoms with E-state index in [4.69, 9.17) is 14.2 Å². The predicted molar refractivity (Wildman–Crippen MR) is 124 cm³/mol. The summed E-state index contributed by atoms with van der Waals surface area (Å²) < 4.78 is 15.9. The van der Waals surface area contributed by atoms with Gasteiger partial charge in [-0.3, -0.25) is 4.79 Å². The number of methoxy groups -OCH3 is 3. The molecule has 1 saturated heterocycles. The molecule has 2 aromatic rings. The Balaban J connectivity index is 1.40. The molecular weight excluding hydrogens is 414 g/mol. The van der Waals surface area contributed by atoms with Crippen molar-refractivity contribution in [3.05, 3.63) is 52.9 Å². The Labute approximate surface area is 186 Å². The molecule has 2 aromatic carbocycles. The molecule has 31 heavy (non-hydrogen) atoms. The number of nitrogens with zero attached hydrogens (tertiary/aromatic N) is 3. The zero-order valence-electron chi connectivity index (χ0n) is 17.8. The van der Waals surface area contributed by atoms with Gasteiger partial charge in [-0.05, 0) is 54.2 Å². The van der Waals surface area contributed by atoms with E-state index < -0.39 is 0 Å². The third-order valence-electron chi connectivity index (χ3n) is 5.32. The van der Waals surface area contributed by atoms with Crippen LogP contribution in [-0.2, 0) is 4.79 Å². The summed E-state index contributed by atoms with van der Waals surface area (Å²) in [5, 5.41) is 0.762. The minimum atomic E-state index is -0.213. The fraction of sp³-hybridized carbons (Fsp3) is 0.304. The summed E-state index contributed by atoms with van der Waals surface area (Å²) in [5.41, 5.74) is 1.99. The Morgan fingerprint density at radius 3 is 2.16 bits per heavy atom. The number of amidine groups is 1. The van der Waals surface area contributed by atoms with Gasteiger partial charge in [0.1, 0.15) is 17.2 Å². The highest BCUT2D eigenvalue weighted by atomic mass is 32.2. The van der Waals surface area contributed by atoms with Gasteiger partial charge < -0.3 is 24.0 Å². The predicted octanol–water partition coefficient (Wildman–Crippen LogP) is 3.50. The molecule has 2 aliphatic rings. The fourth-order valence-corrected chi connectivity index (χ4v) is 4.52. The summed E-state index contributed by atoms with van der Waals surface area (Å²) in [5.74, 6) is 2.00. The van der Waals surface area contributed by atoms with Crippen molar-refractivity contribution in [2.45, 2.75) is 0 Å². The smallest absolute Gasteiger partial charge is 0.286 e. The number of hydrogen-bond acceptors (Lipinski definition) is 7. The number of anilines is 1. The van der Waals surface area contributed by atoms with Crippen LogP contribution in [0.25, 0.3) is 6.08 Å². The van der Waals surface area contributed by atoms with Gasteiger partial charge in [0.2, 0.25) is 0 Å². The van der Waals surface area contributed by atoms with Crippen molar-refractivity contribution >= 4 is 34.6 Å². The van der Waals surface area contributed by atoms with Crippen molar-refractivity contribution < 1.29 is 19.0 Å². The second-order valence-corrected chi connectivity index (χ2v) is 8.10. The topological polar surface area (TPSA) is 63.6 Å². The molecule has 0 unspecified atom stereocenters. The Bertz CT molecular complexity index is 1010. The number of aliphatic imine (C=N–C) groups is 1. The molecule has 7 nitrogen and oxygen atoms in total. The van der Waals surface area contributed by atoms with E-state index in [2.05, 4.69) is 26.9 Å². The highest BCUT2D eigenvalue weighted by Crippen LogP contribution is 2.34. The highest BCUT2D eigenvalue weighted by molar-refractivity contribution is 8.18. The Morgan fingerprint density at radius 2 is 1.52 bits per heavy atom. The van der Waals surface area contributed by atoms with E-state index in [-0.39, 0.29) is 5.91 Å². The molecule has 0 atom stereocenters. The number of thioether (sulfide) groups is 1. The molecule has 1 amide bonds. The molecule has 0 N–H and O–H groups in total. The SMILES string of the molecule is COc1ccc(N2CCN(C3=NC(=O)/C(=C/c4ccc(OC)cc4OC)S3)CC2)cc1. The fourth-order valence-electron chi connectivity index (χ4n) is 3.56. The first-order valence-electron chi connectivity index (χ1n) is 10.00. The van der Waals surface area contributed by atoms with Crippen LogP contribution in [0.15, 0.2) is 52.4 Å². The summed E-state index contributed by atoms with van der Waals surface area (Å²) in [4.78, 5) is 21.9. The van der Waals surface area contributed by atoms with E-state index >= 15 is 0 Å². The maximum absolute atomic E-state index is 12.5. The molecular formula is C23H25N3O4S. The van der Waals surface area contributed by atoms with Crippen molar-refractivity contribution in [2.24, 2.45) is 4.99 Å². The minimum absolute atomic E-state index is 0.213. The van der Waals surface area contributed by atoms with Crippen molar-refractivity contribution in [2.75, 3.05) is 52.4 Å². The number of ether oxygens (including phenoxy) is 3. The molecule has 1 fully saturated rings. The molecule has 0 radical (unpaired) electrons. The number of piperazine rings is 1. The Hall–Kier alpha value is -3.13. The maximum Gasteiger partial charge on any atom is 0.286 e. The van der Waals surface area contributed by atoms with Gasteiger partial charge in [-0.25, -0.2) is 0 Å². The van der Waals surface area contributed by atoms with E-state index in [1.54, 1.807) is 27.4 Å². The molecule has 0 bridgehead atoms. The van der Waals surface area contributed by atoms with Crippen LogP contribution in [0.2, 0.25) is 0 Å². The molecule has 4 rings (SSSR count). The third kappa shape index (κ3) is 4.64. The molecule has 2 aliphatic heterocycles. The normalized spacial score (nSPS) is 17.7. The van der Waals surface area contributed by atoms with Gasteiger partial charge in [0.15, 0.2) is 5.17 Å². The van der Waals surface area contributed by atoms with Crippen molar-refractivity contribution in [1.29, 1.82) is 0 Å². The molecule has 0 spiro atoms. The zero-order valence-corrected chi connectivity index (χ0v) is 18.6. The van der Waals surface area contributed by atoms with Gasteiger partial charge in [0.05, 0.1) is 26.2 Å². The van der Waals surface area contributed by atoms with Crippen LogP contribution in [0.5, 0.6) is 17.2 Å². The lowest BCUT2D eigenvalue weighted by atomic mass is 10.1. The number of rotatable bonds is 5. The average Bonchev–Trinajstić information content (AvgIpc) is 3.19. The first-order valence-corrected chi connectivity index (χ1v) is 10.8. The van der Waals surface area contributed by atoms with E-state index in [9.17, 15) is 4.79 Å². The highest BCUT2D eigenvalue weighted by Gasteiger charge is 2.28. The second-order valence-electron chi connectivity index (χ2n) is 7.09. The van der Waals surface area contributed by atoms with Crippen LogP contribution in [0.4, 0.5) is 5.69 Å². The van der Waals surface area contributed by atoms with Gasteiger partial charge >= 0.3 is 0 Å². The summed E-state index contributed by atoms with van der Waals surface area (Å²) in [6.07, 6.45) is 1.83. The van der Waals surface area contributed by atoms with Crippen LogP contribution in [0.3, 0.4) is 0 Å². The number of carbonyl (C=O) groups excluding carboxylic acids is 1. The first kappa shape index (κ1) is 21.1. The van der Waals surface area contributed by atoms with Gasteiger partial charge in [0, 0.05) is 43.5 Å². The van der Waals surface area contributed by atoms with Crippen molar-refractivity contribution in [3.8, 4) is 17.2 Å². The van der Waals surface area contributed by atoms with E-state index in [0.717, 1.165) is 42.7 Å². The molecule has 8 heteroatoms. The summed E-state index contributed by atoms with van der Waals surface area (Å²) in [6, 6.07) is 13.6. The quantitative estimate of drug-likeness (QED) is 0.661. The lowest BCUT2D eigenvalue weighted by molar-refractivity contribution is -0.113. The summed E-state index contributed by atoms with van der Waals surface area (Å²) >= 11 is 1.42. The summed E-state index contributed by atoms with van der Waals surface area (Å²) in [6.45, 7) is 3.35. The minimum Gasteiger partial charge on any atom is -0.497 e. The van der Waals surface area contributed by atoms with Gasteiger partial charge in [0.25, 0.3) is 5.91 Å². The van der Waals surface area contributed by atoms with Gasteiger partial charge in [-0.15, -0.1) is 0 Å². The van der Waals surface area contributed by atoms with Crippen molar-refractivity contribution in [1.82, 2.24) is 4.90 Å². The molecule has 162 valence electrons. The van der Waals surface area contributed by atoms with Crippen LogP contribution < -0.4 is 19.1 Å². The lowest BCUT2D eigenvalue weighted by Crippen LogP contribution is -2.47. The van der Waals surface area contributed by atoms with Crippen LogP contribution in [0.1, 0.15) is 5.56 Å². The Morgan fingerprint density at radius 1 is 0.871 bits per heavy atom. The van der Waals surface area contributed by atoms with Crippen LogP contribution in [-0.4, -0.2) is 63.5 Å². The van der Waals surface area contributed by atoms with E-state index in [0.29, 0.717) is 16.4 Å². The van der Waals surface area contributed by atoms with E-state index in [1.807, 2.05) is 30.3 Å². The standard InChI is InChI=1S/C23H25N3O4S/c1-28-18-8-5-17(6-9-18)25-10-12-26(13-11-25)23-24-22(27)21(31-23)14-16-4-7-19(29-2)15-20(16)30-3/h4-9,14-15H,10-13H2,1-3H3/b21-14-. The lowest BCUT2D eigenvalue weighted by Gasteiger charge is -2.36. The largest absolute Gasteiger partial charge is 0.497 e. The Kier molecular flexibility index (Phi) is 6.36. The number of benzene rings is 2. The third-order valence-corrected chi connectivity index (χ3v) is 6.37.